The Morgan fingerprint density at radius 3 is 2.94 bits per heavy atom. The molecule has 0 saturated carbocycles. The van der Waals surface area contributed by atoms with Gasteiger partial charge in [-0.15, -0.1) is 0 Å². The van der Waals surface area contributed by atoms with Crippen LogP contribution in [0.25, 0.3) is 0 Å². The summed E-state index contributed by atoms with van der Waals surface area (Å²) in [5.74, 6) is -0.584. The molecule has 0 spiro atoms. The Hall–Kier alpha value is -1.95. The van der Waals surface area contributed by atoms with Crippen molar-refractivity contribution in [2.75, 3.05) is 0 Å². The molecule has 0 amide bonds. The maximum atomic E-state index is 11.5. The maximum absolute atomic E-state index is 11.5. The largest absolute Gasteiger partial charge is 0.385 e. The topological polar surface area (TPSA) is 56.5 Å². The van der Waals surface area contributed by atoms with E-state index in [2.05, 4.69) is 26.1 Å². The average molecular weight is 308 g/mol. The number of aryl methyl sites for hydroxylation is 1. The standard InChI is InChI=1S/C12H10BrN3O2/c1-16-7-11(14-8-16)12(17)18-15-6-9-4-2-3-5-10(9)13/h2-8H,1H3. The summed E-state index contributed by atoms with van der Waals surface area (Å²) in [6, 6.07) is 7.48. The summed E-state index contributed by atoms with van der Waals surface area (Å²) in [6.07, 6.45) is 4.55. The molecule has 0 aliphatic rings. The SMILES string of the molecule is Cn1cnc(C(=O)ON=Cc2ccccc2Br)c1. The second kappa shape index (κ2) is 5.59. The summed E-state index contributed by atoms with van der Waals surface area (Å²) in [5, 5.41) is 3.63. The highest BCUT2D eigenvalue weighted by molar-refractivity contribution is 9.10. The van der Waals surface area contributed by atoms with E-state index in [1.165, 1.54) is 12.5 Å². The minimum Gasteiger partial charge on any atom is -0.340 e. The highest BCUT2D eigenvalue weighted by Gasteiger charge is 2.09. The van der Waals surface area contributed by atoms with Gasteiger partial charge in [-0.25, -0.2) is 9.78 Å². The highest BCUT2D eigenvalue weighted by atomic mass is 79.9. The monoisotopic (exact) mass is 307 g/mol. The molecule has 6 heteroatoms. The van der Waals surface area contributed by atoms with Crippen LogP contribution in [0.5, 0.6) is 0 Å². The van der Waals surface area contributed by atoms with Gasteiger partial charge in [-0.3, -0.25) is 0 Å². The molecule has 0 fully saturated rings. The van der Waals surface area contributed by atoms with Gasteiger partial charge in [-0.2, -0.15) is 0 Å². The van der Waals surface area contributed by atoms with E-state index in [0.717, 1.165) is 10.0 Å². The average Bonchev–Trinajstić information content (AvgIpc) is 2.78. The van der Waals surface area contributed by atoms with E-state index in [0.29, 0.717) is 0 Å². The zero-order valence-electron chi connectivity index (χ0n) is 9.58. The Morgan fingerprint density at radius 1 is 1.50 bits per heavy atom. The smallest absolute Gasteiger partial charge is 0.340 e. The summed E-state index contributed by atoms with van der Waals surface area (Å²) in [4.78, 5) is 20.1. The van der Waals surface area contributed by atoms with Crippen LogP contribution in [-0.2, 0) is 11.9 Å². The number of carbonyl (C=O) groups is 1. The van der Waals surface area contributed by atoms with Crippen molar-refractivity contribution in [2.24, 2.45) is 12.2 Å². The molecule has 0 radical (unpaired) electrons. The number of carbonyl (C=O) groups excluding carboxylic acids is 1. The van der Waals surface area contributed by atoms with Crippen molar-refractivity contribution in [1.29, 1.82) is 0 Å². The summed E-state index contributed by atoms with van der Waals surface area (Å²) < 4.78 is 2.54. The van der Waals surface area contributed by atoms with E-state index in [1.807, 2.05) is 24.3 Å². The fourth-order valence-corrected chi connectivity index (χ4v) is 1.66. The lowest BCUT2D eigenvalue weighted by Gasteiger charge is -1.96. The van der Waals surface area contributed by atoms with Gasteiger partial charge in [-0.1, -0.05) is 39.3 Å². The van der Waals surface area contributed by atoms with Gasteiger partial charge in [0.15, 0.2) is 5.69 Å². The van der Waals surface area contributed by atoms with Gasteiger partial charge in [0.05, 0.1) is 12.5 Å². The van der Waals surface area contributed by atoms with Gasteiger partial charge >= 0.3 is 5.97 Å². The Labute approximate surface area is 112 Å². The number of aromatic nitrogens is 2. The molecule has 0 unspecified atom stereocenters. The number of imidazole rings is 1. The molecule has 92 valence electrons. The number of halogens is 1. The lowest BCUT2D eigenvalue weighted by atomic mass is 10.2. The van der Waals surface area contributed by atoms with Crippen LogP contribution in [-0.4, -0.2) is 21.7 Å². The maximum Gasteiger partial charge on any atom is 0.385 e. The summed E-state index contributed by atoms with van der Waals surface area (Å²) in [6.45, 7) is 0. The normalized spacial score (nSPS) is 10.8. The van der Waals surface area contributed by atoms with Crippen molar-refractivity contribution in [2.45, 2.75) is 0 Å². The van der Waals surface area contributed by atoms with Crippen LogP contribution in [0.15, 0.2) is 46.4 Å². The van der Waals surface area contributed by atoms with Gasteiger partial charge in [0.25, 0.3) is 0 Å². The second-order valence-electron chi connectivity index (χ2n) is 3.56. The van der Waals surface area contributed by atoms with E-state index in [1.54, 1.807) is 17.8 Å². The van der Waals surface area contributed by atoms with Crippen molar-refractivity contribution in [3.8, 4) is 0 Å². The second-order valence-corrected chi connectivity index (χ2v) is 4.41. The third kappa shape index (κ3) is 3.04. The number of rotatable bonds is 3. The molecule has 1 aromatic heterocycles. The molecule has 1 heterocycles. The molecule has 0 aliphatic heterocycles. The molecule has 0 bridgehead atoms. The highest BCUT2D eigenvalue weighted by Crippen LogP contribution is 2.13. The first kappa shape index (κ1) is 12.5. The minimum atomic E-state index is -0.584. The molecule has 0 atom stereocenters. The molecule has 18 heavy (non-hydrogen) atoms. The minimum absolute atomic E-state index is 0.224. The van der Waals surface area contributed by atoms with Gasteiger partial charge in [0.2, 0.25) is 0 Å². The first-order valence-electron chi connectivity index (χ1n) is 5.14. The van der Waals surface area contributed by atoms with E-state index >= 15 is 0 Å². The predicted octanol–water partition coefficient (Wildman–Crippen LogP) is 2.37. The fraction of sp³-hybridized carbons (Fsp3) is 0.0833. The molecule has 0 saturated heterocycles. The van der Waals surface area contributed by atoms with Gasteiger partial charge < -0.3 is 9.40 Å². The van der Waals surface area contributed by atoms with E-state index < -0.39 is 5.97 Å². The van der Waals surface area contributed by atoms with Crippen molar-refractivity contribution in [3.05, 3.63) is 52.5 Å². The van der Waals surface area contributed by atoms with Crippen LogP contribution in [0.1, 0.15) is 16.1 Å². The van der Waals surface area contributed by atoms with Gasteiger partial charge in [0.1, 0.15) is 0 Å². The number of oxime groups is 1. The number of nitrogens with zero attached hydrogens (tertiary/aromatic N) is 3. The Kier molecular flexibility index (Phi) is 3.88. The zero-order chi connectivity index (χ0) is 13.0. The fourth-order valence-electron chi connectivity index (χ4n) is 1.28. The number of hydrogen-bond acceptors (Lipinski definition) is 4. The van der Waals surface area contributed by atoms with Crippen molar-refractivity contribution in [3.63, 3.8) is 0 Å². The predicted molar refractivity (Wildman–Crippen MR) is 70.4 cm³/mol. The van der Waals surface area contributed by atoms with Crippen LogP contribution in [0.3, 0.4) is 0 Å². The molecule has 2 rings (SSSR count). The van der Waals surface area contributed by atoms with Gasteiger partial charge in [0, 0.05) is 23.3 Å². The summed E-state index contributed by atoms with van der Waals surface area (Å²) in [5.41, 5.74) is 1.05. The third-order valence-corrected chi connectivity index (χ3v) is 2.87. The molecule has 1 aromatic carbocycles. The molecule has 2 aromatic rings. The molecular weight excluding hydrogens is 298 g/mol. The van der Waals surface area contributed by atoms with Crippen LogP contribution < -0.4 is 0 Å². The first-order valence-corrected chi connectivity index (χ1v) is 5.93. The van der Waals surface area contributed by atoms with E-state index in [-0.39, 0.29) is 5.69 Å². The van der Waals surface area contributed by atoms with Gasteiger partial charge in [-0.05, 0) is 6.07 Å². The molecular formula is C12H10BrN3O2. The van der Waals surface area contributed by atoms with E-state index in [4.69, 9.17) is 4.84 Å². The number of hydrogen-bond donors (Lipinski definition) is 0. The molecule has 5 nitrogen and oxygen atoms in total. The summed E-state index contributed by atoms with van der Waals surface area (Å²) >= 11 is 3.36. The lowest BCUT2D eigenvalue weighted by Crippen LogP contribution is -2.01. The summed E-state index contributed by atoms with van der Waals surface area (Å²) in [7, 11) is 1.77. The van der Waals surface area contributed by atoms with Crippen molar-refractivity contribution in [1.82, 2.24) is 9.55 Å². The Morgan fingerprint density at radius 2 is 2.28 bits per heavy atom. The van der Waals surface area contributed by atoms with Crippen LogP contribution in [0.4, 0.5) is 0 Å². The zero-order valence-corrected chi connectivity index (χ0v) is 11.2. The van der Waals surface area contributed by atoms with Crippen molar-refractivity contribution >= 4 is 28.1 Å². The van der Waals surface area contributed by atoms with Crippen molar-refractivity contribution < 1.29 is 9.63 Å². The molecule has 0 N–H and O–H groups in total. The van der Waals surface area contributed by atoms with Crippen LogP contribution in [0, 0.1) is 0 Å². The lowest BCUT2D eigenvalue weighted by molar-refractivity contribution is 0.0513. The third-order valence-electron chi connectivity index (χ3n) is 2.15. The van der Waals surface area contributed by atoms with Crippen LogP contribution >= 0.6 is 15.9 Å². The number of benzene rings is 1. The van der Waals surface area contributed by atoms with E-state index in [9.17, 15) is 4.79 Å². The van der Waals surface area contributed by atoms with Crippen LogP contribution in [0.2, 0.25) is 0 Å². The Balaban J connectivity index is 2.00. The Bertz CT molecular complexity index is 593. The first-order chi connectivity index (χ1) is 8.66. The molecule has 0 aliphatic carbocycles. The quantitative estimate of drug-likeness (QED) is 0.497.